The summed E-state index contributed by atoms with van der Waals surface area (Å²) in [4.78, 5) is 0. The first-order chi connectivity index (χ1) is 25.3. The van der Waals surface area contributed by atoms with Crippen molar-refractivity contribution in [2.45, 2.75) is 39.5 Å². The zero-order valence-electron chi connectivity index (χ0n) is 30.5. The third-order valence-corrected chi connectivity index (χ3v) is 10.8. The fourth-order valence-corrected chi connectivity index (χ4v) is 7.72. The molecule has 0 radical (unpaired) electrons. The minimum Gasteiger partial charge on any atom is -0.0622 e. The van der Waals surface area contributed by atoms with Crippen molar-refractivity contribution in [3.8, 4) is 33.4 Å². The minimum atomic E-state index is -0.0292. The molecule has 0 atom stereocenters. The summed E-state index contributed by atoms with van der Waals surface area (Å²) in [5.74, 6) is 0. The van der Waals surface area contributed by atoms with Gasteiger partial charge in [-0.3, -0.25) is 0 Å². The maximum absolute atomic E-state index is 2.46. The second kappa shape index (κ2) is 14.0. The lowest BCUT2D eigenvalue weighted by atomic mass is 9.81. The third kappa shape index (κ3) is 6.73. The van der Waals surface area contributed by atoms with Gasteiger partial charge in [-0.25, -0.2) is 0 Å². The van der Waals surface area contributed by atoms with E-state index in [9.17, 15) is 0 Å². The van der Waals surface area contributed by atoms with Crippen LogP contribution in [0.1, 0.15) is 69.5 Å². The van der Waals surface area contributed by atoms with Gasteiger partial charge < -0.3 is 0 Å². The summed E-state index contributed by atoms with van der Waals surface area (Å²) in [6, 6.07) is 57.7. The SMILES string of the molecule is Cc1ccc2c(c1)C(C)(C)c1cc(Cc3cc(/C=C/c4ccc(-c5ccccc5)cc4)c(C)cc3/C=C/c3ccc(-c4ccccc4)cc3)ccc1-2. The van der Waals surface area contributed by atoms with Crippen LogP contribution in [0.4, 0.5) is 0 Å². The molecule has 0 aromatic heterocycles. The zero-order chi connectivity index (χ0) is 35.7. The highest BCUT2D eigenvalue weighted by atomic mass is 14.4. The monoisotopic (exact) mass is 668 g/mol. The molecule has 0 unspecified atom stereocenters. The van der Waals surface area contributed by atoms with Crippen molar-refractivity contribution < 1.29 is 0 Å². The second-order valence-corrected chi connectivity index (χ2v) is 14.8. The van der Waals surface area contributed by atoms with Gasteiger partial charge in [-0.2, -0.15) is 0 Å². The van der Waals surface area contributed by atoms with Gasteiger partial charge in [0.1, 0.15) is 0 Å². The molecule has 1 aliphatic carbocycles. The molecule has 7 aromatic rings. The van der Waals surface area contributed by atoms with E-state index in [2.05, 4.69) is 210 Å². The van der Waals surface area contributed by atoms with E-state index in [-0.39, 0.29) is 5.41 Å². The van der Waals surface area contributed by atoms with Gasteiger partial charge in [-0.05, 0) is 104 Å². The largest absolute Gasteiger partial charge is 0.0622 e. The number of aryl methyl sites for hydroxylation is 2. The summed E-state index contributed by atoms with van der Waals surface area (Å²) in [5.41, 5.74) is 20.7. The average molecular weight is 669 g/mol. The van der Waals surface area contributed by atoms with Crippen LogP contribution in [-0.4, -0.2) is 0 Å². The van der Waals surface area contributed by atoms with Crippen LogP contribution in [0.3, 0.4) is 0 Å². The van der Waals surface area contributed by atoms with E-state index in [1.54, 1.807) is 0 Å². The third-order valence-electron chi connectivity index (χ3n) is 10.8. The Balaban J connectivity index is 1.12. The molecule has 0 spiro atoms. The lowest BCUT2D eigenvalue weighted by Crippen LogP contribution is -2.15. The first kappa shape index (κ1) is 33.2. The number of rotatable bonds is 8. The van der Waals surface area contributed by atoms with Crippen molar-refractivity contribution in [3.05, 3.63) is 213 Å². The average Bonchev–Trinajstić information content (AvgIpc) is 3.40. The van der Waals surface area contributed by atoms with E-state index < -0.39 is 0 Å². The highest BCUT2D eigenvalue weighted by Crippen LogP contribution is 2.49. The molecular formula is C52H44. The highest BCUT2D eigenvalue weighted by molar-refractivity contribution is 5.82. The Morgan fingerprint density at radius 1 is 0.442 bits per heavy atom. The van der Waals surface area contributed by atoms with Gasteiger partial charge in [0.2, 0.25) is 0 Å². The summed E-state index contributed by atoms with van der Waals surface area (Å²) in [7, 11) is 0. The number of benzene rings is 7. The first-order valence-electron chi connectivity index (χ1n) is 18.4. The molecule has 1 aliphatic rings. The van der Waals surface area contributed by atoms with Gasteiger partial charge in [-0.1, -0.05) is 201 Å². The summed E-state index contributed by atoms with van der Waals surface area (Å²) in [5, 5.41) is 0. The summed E-state index contributed by atoms with van der Waals surface area (Å²) in [6.45, 7) is 9.17. The van der Waals surface area contributed by atoms with Gasteiger partial charge in [0.05, 0.1) is 0 Å². The van der Waals surface area contributed by atoms with Gasteiger partial charge in [0.15, 0.2) is 0 Å². The molecule has 0 fully saturated rings. The van der Waals surface area contributed by atoms with E-state index in [0.717, 1.165) is 6.42 Å². The van der Waals surface area contributed by atoms with Crippen molar-refractivity contribution in [2.75, 3.05) is 0 Å². The molecule has 7 aromatic carbocycles. The number of hydrogen-bond acceptors (Lipinski definition) is 0. The smallest absolute Gasteiger partial charge is 0.0159 e. The molecule has 0 bridgehead atoms. The molecule has 0 saturated heterocycles. The molecule has 52 heavy (non-hydrogen) atoms. The van der Waals surface area contributed by atoms with Gasteiger partial charge in [-0.15, -0.1) is 0 Å². The van der Waals surface area contributed by atoms with Gasteiger partial charge in [0, 0.05) is 5.41 Å². The molecule has 0 N–H and O–H groups in total. The van der Waals surface area contributed by atoms with Crippen LogP contribution >= 0.6 is 0 Å². The van der Waals surface area contributed by atoms with E-state index in [0.29, 0.717) is 0 Å². The van der Waals surface area contributed by atoms with Crippen molar-refractivity contribution in [2.24, 2.45) is 0 Å². The summed E-state index contributed by atoms with van der Waals surface area (Å²) < 4.78 is 0. The first-order valence-corrected chi connectivity index (χ1v) is 18.4. The fraction of sp³-hybridized carbons (Fsp3) is 0.115. The Morgan fingerprint density at radius 2 is 0.942 bits per heavy atom. The van der Waals surface area contributed by atoms with E-state index in [1.165, 1.54) is 89.0 Å². The number of hydrogen-bond donors (Lipinski definition) is 0. The summed E-state index contributed by atoms with van der Waals surface area (Å²) >= 11 is 0. The summed E-state index contributed by atoms with van der Waals surface area (Å²) in [6.07, 6.45) is 9.92. The Morgan fingerprint density at radius 3 is 1.52 bits per heavy atom. The predicted molar refractivity (Wildman–Crippen MR) is 224 cm³/mol. The van der Waals surface area contributed by atoms with Crippen LogP contribution in [-0.2, 0) is 11.8 Å². The molecule has 0 saturated carbocycles. The van der Waals surface area contributed by atoms with Crippen LogP contribution in [0.25, 0.3) is 57.7 Å². The van der Waals surface area contributed by atoms with Crippen molar-refractivity contribution >= 4 is 24.3 Å². The van der Waals surface area contributed by atoms with Crippen molar-refractivity contribution in [3.63, 3.8) is 0 Å². The van der Waals surface area contributed by atoms with Gasteiger partial charge in [0.25, 0.3) is 0 Å². The Hall–Kier alpha value is -5.98. The maximum atomic E-state index is 2.46. The molecule has 0 aliphatic heterocycles. The quantitative estimate of drug-likeness (QED) is 0.141. The highest BCUT2D eigenvalue weighted by Gasteiger charge is 2.35. The predicted octanol–water partition coefficient (Wildman–Crippen LogP) is 13.9. The molecule has 0 heterocycles. The van der Waals surface area contributed by atoms with Crippen molar-refractivity contribution in [1.29, 1.82) is 0 Å². The Bertz CT molecular complexity index is 2420. The lowest BCUT2D eigenvalue weighted by Gasteiger charge is -2.22. The minimum absolute atomic E-state index is 0.0292. The molecule has 0 amide bonds. The zero-order valence-corrected chi connectivity index (χ0v) is 30.5. The molecular weight excluding hydrogens is 625 g/mol. The van der Waals surface area contributed by atoms with Crippen LogP contribution < -0.4 is 0 Å². The second-order valence-electron chi connectivity index (χ2n) is 14.8. The van der Waals surface area contributed by atoms with Crippen LogP contribution in [0.2, 0.25) is 0 Å². The number of fused-ring (bicyclic) bond motifs is 3. The van der Waals surface area contributed by atoms with Crippen LogP contribution in [0.5, 0.6) is 0 Å². The Kier molecular flexibility index (Phi) is 8.91. The molecule has 252 valence electrons. The molecule has 8 rings (SSSR count). The molecule has 0 nitrogen and oxygen atoms in total. The van der Waals surface area contributed by atoms with E-state index >= 15 is 0 Å². The van der Waals surface area contributed by atoms with Crippen LogP contribution in [0, 0.1) is 13.8 Å². The normalized spacial score (nSPS) is 13.1. The standard InChI is InChI=1S/C52H44/c1-36-15-29-48-49-30-22-40(34-51(49)52(3,4)50(48)31-36)33-47-35-45(27-20-38-16-23-43(24-17-38)41-11-7-5-8-12-41)37(2)32-46(47)28-21-39-18-25-44(26-19-39)42-13-9-6-10-14-42/h5-32,34-35H,33H2,1-4H3/b27-20+,28-21+. The topological polar surface area (TPSA) is 0 Å². The molecule has 0 heteroatoms. The maximum Gasteiger partial charge on any atom is 0.0159 e. The lowest BCUT2D eigenvalue weighted by molar-refractivity contribution is 0.659. The van der Waals surface area contributed by atoms with E-state index in [4.69, 9.17) is 0 Å². The Labute approximate surface area is 309 Å². The fourth-order valence-electron chi connectivity index (χ4n) is 7.72. The van der Waals surface area contributed by atoms with Crippen molar-refractivity contribution in [1.82, 2.24) is 0 Å². The van der Waals surface area contributed by atoms with E-state index in [1.807, 2.05) is 0 Å². The van der Waals surface area contributed by atoms with Crippen LogP contribution in [0.15, 0.2) is 158 Å². The van der Waals surface area contributed by atoms with Gasteiger partial charge >= 0.3 is 0 Å².